The second-order valence-corrected chi connectivity index (χ2v) is 5.63. The van der Waals surface area contributed by atoms with Crippen LogP contribution < -0.4 is 0 Å². The Morgan fingerprint density at radius 2 is 1.94 bits per heavy atom. The van der Waals surface area contributed by atoms with E-state index in [1.807, 2.05) is 0 Å². The molecule has 2 heteroatoms. The van der Waals surface area contributed by atoms with Crippen LogP contribution in [0.25, 0.3) is 0 Å². The Balaban J connectivity index is 2.05. The molecule has 16 heavy (non-hydrogen) atoms. The van der Waals surface area contributed by atoms with E-state index in [1.165, 1.54) is 45.2 Å². The van der Waals surface area contributed by atoms with E-state index >= 15 is 0 Å². The molecule has 0 aromatic rings. The largest absolute Gasteiger partial charge is 0.383 e. The predicted octanol–water partition coefficient (Wildman–Crippen LogP) is 3.17. The molecule has 2 nitrogen and oxygen atoms in total. The van der Waals surface area contributed by atoms with E-state index < -0.39 is 0 Å². The summed E-state index contributed by atoms with van der Waals surface area (Å²) in [7, 11) is 1.80. The molecule has 0 aromatic carbocycles. The van der Waals surface area contributed by atoms with E-state index in [0.29, 0.717) is 0 Å². The zero-order valence-electron chi connectivity index (χ0n) is 11.4. The molecule has 0 aliphatic heterocycles. The second-order valence-electron chi connectivity index (χ2n) is 5.63. The molecule has 96 valence electrons. The van der Waals surface area contributed by atoms with Gasteiger partial charge in [0.15, 0.2) is 0 Å². The SMILES string of the molecule is COCCN(CCCCC(C)C)CC1CC1. The molecule has 0 aromatic heterocycles. The van der Waals surface area contributed by atoms with Gasteiger partial charge in [0.1, 0.15) is 0 Å². The van der Waals surface area contributed by atoms with Crippen molar-refractivity contribution in [2.45, 2.75) is 46.0 Å². The first kappa shape index (κ1) is 14.0. The normalized spacial score (nSPS) is 16.3. The van der Waals surface area contributed by atoms with Gasteiger partial charge in [-0.15, -0.1) is 0 Å². The second kappa shape index (κ2) is 8.08. The first-order valence-corrected chi connectivity index (χ1v) is 6.93. The zero-order valence-corrected chi connectivity index (χ0v) is 11.4. The third-order valence-electron chi connectivity index (χ3n) is 3.33. The lowest BCUT2D eigenvalue weighted by Gasteiger charge is -2.21. The fraction of sp³-hybridized carbons (Fsp3) is 1.00. The van der Waals surface area contributed by atoms with Crippen molar-refractivity contribution in [1.29, 1.82) is 0 Å². The molecule has 0 atom stereocenters. The number of methoxy groups -OCH3 is 1. The Bertz CT molecular complexity index is 166. The predicted molar refractivity (Wildman–Crippen MR) is 69.7 cm³/mol. The highest BCUT2D eigenvalue weighted by molar-refractivity contribution is 4.77. The van der Waals surface area contributed by atoms with E-state index in [4.69, 9.17) is 4.74 Å². The van der Waals surface area contributed by atoms with Crippen molar-refractivity contribution in [2.75, 3.05) is 33.4 Å². The van der Waals surface area contributed by atoms with Crippen molar-refractivity contribution in [1.82, 2.24) is 4.90 Å². The average Bonchev–Trinajstić information content (AvgIpc) is 3.04. The summed E-state index contributed by atoms with van der Waals surface area (Å²) >= 11 is 0. The molecule has 0 radical (unpaired) electrons. The smallest absolute Gasteiger partial charge is 0.0589 e. The number of ether oxygens (including phenoxy) is 1. The molecule has 1 fully saturated rings. The third-order valence-corrected chi connectivity index (χ3v) is 3.33. The highest BCUT2D eigenvalue weighted by Gasteiger charge is 2.23. The molecular formula is C14H29NO. The lowest BCUT2D eigenvalue weighted by atomic mass is 10.1. The average molecular weight is 227 g/mol. The summed E-state index contributed by atoms with van der Waals surface area (Å²) in [5, 5.41) is 0. The molecule has 1 saturated carbocycles. The van der Waals surface area contributed by atoms with Gasteiger partial charge in [-0.2, -0.15) is 0 Å². The number of hydrogen-bond donors (Lipinski definition) is 0. The summed E-state index contributed by atoms with van der Waals surface area (Å²) in [6, 6.07) is 0. The van der Waals surface area contributed by atoms with E-state index in [1.54, 1.807) is 7.11 Å². The fourth-order valence-electron chi connectivity index (χ4n) is 2.07. The van der Waals surface area contributed by atoms with Crippen molar-refractivity contribution < 1.29 is 4.74 Å². The molecule has 1 aliphatic rings. The lowest BCUT2D eigenvalue weighted by molar-refractivity contribution is 0.143. The first-order chi connectivity index (χ1) is 7.72. The number of nitrogens with zero attached hydrogens (tertiary/aromatic N) is 1. The van der Waals surface area contributed by atoms with Gasteiger partial charge in [-0.3, -0.25) is 0 Å². The molecule has 0 saturated heterocycles. The van der Waals surface area contributed by atoms with Crippen LogP contribution in [-0.2, 0) is 4.74 Å². The summed E-state index contributed by atoms with van der Waals surface area (Å²) in [6.45, 7) is 9.21. The Morgan fingerprint density at radius 3 is 2.50 bits per heavy atom. The van der Waals surface area contributed by atoms with Gasteiger partial charge in [0.25, 0.3) is 0 Å². The minimum Gasteiger partial charge on any atom is -0.383 e. The third kappa shape index (κ3) is 7.24. The van der Waals surface area contributed by atoms with E-state index in [-0.39, 0.29) is 0 Å². The van der Waals surface area contributed by atoms with Crippen LogP contribution in [0.3, 0.4) is 0 Å². The summed E-state index contributed by atoms with van der Waals surface area (Å²) < 4.78 is 5.18. The monoisotopic (exact) mass is 227 g/mol. The highest BCUT2D eigenvalue weighted by Crippen LogP contribution is 2.29. The minimum atomic E-state index is 0.857. The molecular weight excluding hydrogens is 198 g/mol. The van der Waals surface area contributed by atoms with Crippen LogP contribution in [0.1, 0.15) is 46.0 Å². The van der Waals surface area contributed by atoms with E-state index in [2.05, 4.69) is 18.7 Å². The molecule has 1 aliphatic carbocycles. The maximum absolute atomic E-state index is 5.18. The van der Waals surface area contributed by atoms with Crippen LogP contribution in [0.15, 0.2) is 0 Å². The number of hydrogen-bond acceptors (Lipinski definition) is 2. The molecule has 1 rings (SSSR count). The van der Waals surface area contributed by atoms with Crippen molar-refractivity contribution in [3.8, 4) is 0 Å². The highest BCUT2D eigenvalue weighted by atomic mass is 16.5. The van der Waals surface area contributed by atoms with Crippen molar-refractivity contribution in [3.05, 3.63) is 0 Å². The summed E-state index contributed by atoms with van der Waals surface area (Å²) in [5.74, 6) is 1.86. The van der Waals surface area contributed by atoms with Gasteiger partial charge in [-0.25, -0.2) is 0 Å². The Kier molecular flexibility index (Phi) is 7.06. The minimum absolute atomic E-state index is 0.857. The topological polar surface area (TPSA) is 12.5 Å². The maximum atomic E-state index is 5.18. The van der Waals surface area contributed by atoms with E-state index in [0.717, 1.165) is 25.0 Å². The van der Waals surface area contributed by atoms with Gasteiger partial charge >= 0.3 is 0 Å². The molecule has 0 bridgehead atoms. The lowest BCUT2D eigenvalue weighted by Crippen LogP contribution is -2.30. The van der Waals surface area contributed by atoms with Gasteiger partial charge in [0.2, 0.25) is 0 Å². The van der Waals surface area contributed by atoms with Gasteiger partial charge in [0, 0.05) is 20.2 Å². The Labute approximate surface area is 101 Å². The van der Waals surface area contributed by atoms with Crippen molar-refractivity contribution in [2.24, 2.45) is 11.8 Å². The Hall–Kier alpha value is -0.0800. The van der Waals surface area contributed by atoms with E-state index in [9.17, 15) is 0 Å². The number of unbranched alkanes of at least 4 members (excludes halogenated alkanes) is 1. The van der Waals surface area contributed by atoms with Gasteiger partial charge in [0.05, 0.1) is 6.61 Å². The standard InChI is InChI=1S/C14H29NO/c1-13(2)6-4-5-9-15(10-11-16-3)12-14-7-8-14/h13-14H,4-12H2,1-3H3. The van der Waals surface area contributed by atoms with Crippen LogP contribution >= 0.6 is 0 Å². The van der Waals surface area contributed by atoms with Crippen LogP contribution in [-0.4, -0.2) is 38.3 Å². The fourth-order valence-corrected chi connectivity index (χ4v) is 2.07. The quantitative estimate of drug-likeness (QED) is 0.532. The molecule has 0 unspecified atom stereocenters. The molecule has 0 spiro atoms. The zero-order chi connectivity index (χ0) is 11.8. The Morgan fingerprint density at radius 1 is 1.19 bits per heavy atom. The first-order valence-electron chi connectivity index (χ1n) is 6.93. The molecule has 0 N–H and O–H groups in total. The van der Waals surface area contributed by atoms with Crippen LogP contribution in [0.2, 0.25) is 0 Å². The molecule has 0 amide bonds. The summed E-state index contributed by atoms with van der Waals surface area (Å²) in [6.07, 6.45) is 7.02. The van der Waals surface area contributed by atoms with Gasteiger partial charge in [-0.05, 0) is 37.6 Å². The van der Waals surface area contributed by atoms with Gasteiger partial charge in [-0.1, -0.05) is 26.7 Å². The van der Waals surface area contributed by atoms with Crippen LogP contribution in [0, 0.1) is 11.8 Å². The summed E-state index contributed by atoms with van der Waals surface area (Å²) in [4.78, 5) is 2.60. The number of rotatable bonds is 10. The van der Waals surface area contributed by atoms with Gasteiger partial charge < -0.3 is 9.64 Å². The van der Waals surface area contributed by atoms with Crippen molar-refractivity contribution >= 4 is 0 Å². The molecule has 0 heterocycles. The van der Waals surface area contributed by atoms with Crippen molar-refractivity contribution in [3.63, 3.8) is 0 Å². The summed E-state index contributed by atoms with van der Waals surface area (Å²) in [5.41, 5.74) is 0. The maximum Gasteiger partial charge on any atom is 0.0589 e. The van der Waals surface area contributed by atoms with Crippen LogP contribution in [0.5, 0.6) is 0 Å². The van der Waals surface area contributed by atoms with Crippen LogP contribution in [0.4, 0.5) is 0 Å².